The molecule has 0 N–H and O–H groups in total. The van der Waals surface area contributed by atoms with Crippen LogP contribution in [0.1, 0.15) is 37.0 Å². The van der Waals surface area contributed by atoms with E-state index in [1.807, 2.05) is 23.7 Å². The number of nitrogens with zero attached hydrogens (tertiary/aromatic N) is 6. The summed E-state index contributed by atoms with van der Waals surface area (Å²) < 4.78 is 6.97. The minimum absolute atomic E-state index is 0.00884. The van der Waals surface area contributed by atoms with Crippen LogP contribution in [-0.4, -0.2) is 63.9 Å². The Morgan fingerprint density at radius 1 is 1.10 bits per heavy atom. The first-order chi connectivity index (χ1) is 13.8. The molecule has 0 bridgehead atoms. The van der Waals surface area contributed by atoms with E-state index in [1.165, 1.54) is 0 Å². The SMILES string of the molecule is COc1ccc(C(=O)N(C)C2CN(c3ccc4nnc(C(C)(C)C)n4n3)C2)cc1. The van der Waals surface area contributed by atoms with Crippen molar-refractivity contribution in [1.82, 2.24) is 24.7 Å². The summed E-state index contributed by atoms with van der Waals surface area (Å²) in [6.45, 7) is 7.76. The van der Waals surface area contributed by atoms with Crippen LogP contribution in [0.3, 0.4) is 0 Å². The predicted octanol–water partition coefficient (Wildman–Crippen LogP) is 2.39. The Labute approximate surface area is 170 Å². The number of anilines is 1. The van der Waals surface area contributed by atoms with E-state index < -0.39 is 0 Å². The van der Waals surface area contributed by atoms with Gasteiger partial charge in [0.05, 0.1) is 13.2 Å². The van der Waals surface area contributed by atoms with Crippen LogP contribution in [0, 0.1) is 0 Å². The van der Waals surface area contributed by atoms with Crippen LogP contribution in [0.2, 0.25) is 0 Å². The lowest BCUT2D eigenvalue weighted by Gasteiger charge is -2.44. The number of hydrogen-bond donors (Lipinski definition) is 0. The lowest BCUT2D eigenvalue weighted by molar-refractivity contribution is 0.0705. The zero-order valence-electron chi connectivity index (χ0n) is 17.5. The van der Waals surface area contributed by atoms with Crippen molar-refractivity contribution in [2.45, 2.75) is 32.2 Å². The van der Waals surface area contributed by atoms with E-state index in [0.29, 0.717) is 5.56 Å². The Balaban J connectivity index is 1.45. The number of methoxy groups -OCH3 is 1. The second-order valence-corrected chi connectivity index (χ2v) is 8.44. The highest BCUT2D eigenvalue weighted by Gasteiger charge is 2.34. The second-order valence-electron chi connectivity index (χ2n) is 8.44. The van der Waals surface area contributed by atoms with Crippen LogP contribution in [-0.2, 0) is 5.41 Å². The molecule has 4 rings (SSSR count). The molecule has 2 aromatic heterocycles. The molecule has 0 spiro atoms. The summed E-state index contributed by atoms with van der Waals surface area (Å²) >= 11 is 0. The number of carbonyl (C=O) groups is 1. The van der Waals surface area contributed by atoms with Gasteiger partial charge in [-0.05, 0) is 36.4 Å². The van der Waals surface area contributed by atoms with Crippen molar-refractivity contribution in [3.63, 3.8) is 0 Å². The quantitative estimate of drug-likeness (QED) is 0.676. The third-order valence-electron chi connectivity index (χ3n) is 5.31. The van der Waals surface area contributed by atoms with Crippen LogP contribution in [0.25, 0.3) is 5.65 Å². The van der Waals surface area contributed by atoms with E-state index >= 15 is 0 Å². The van der Waals surface area contributed by atoms with Gasteiger partial charge in [-0.1, -0.05) is 20.8 Å². The largest absolute Gasteiger partial charge is 0.497 e. The van der Waals surface area contributed by atoms with Gasteiger partial charge in [-0.25, -0.2) is 0 Å². The van der Waals surface area contributed by atoms with Crippen LogP contribution in [0.5, 0.6) is 5.75 Å². The molecule has 1 fully saturated rings. The van der Waals surface area contributed by atoms with Crippen LogP contribution >= 0.6 is 0 Å². The van der Waals surface area contributed by atoms with E-state index in [9.17, 15) is 4.79 Å². The maximum atomic E-state index is 12.7. The van der Waals surface area contributed by atoms with Gasteiger partial charge in [-0.3, -0.25) is 4.79 Å². The number of likely N-dealkylation sites (N-methyl/N-ethyl adjacent to an activating group) is 1. The number of rotatable bonds is 4. The highest BCUT2D eigenvalue weighted by Crippen LogP contribution is 2.25. The van der Waals surface area contributed by atoms with Crippen molar-refractivity contribution >= 4 is 17.4 Å². The van der Waals surface area contributed by atoms with Crippen molar-refractivity contribution in [3.05, 3.63) is 47.8 Å². The highest BCUT2D eigenvalue weighted by molar-refractivity contribution is 5.94. The molecule has 8 nitrogen and oxygen atoms in total. The van der Waals surface area contributed by atoms with Gasteiger partial charge in [0.2, 0.25) is 0 Å². The number of carbonyl (C=O) groups excluding carboxylic acids is 1. The van der Waals surface area contributed by atoms with Crippen molar-refractivity contribution in [2.75, 3.05) is 32.1 Å². The Morgan fingerprint density at radius 2 is 1.79 bits per heavy atom. The minimum atomic E-state index is -0.145. The molecule has 29 heavy (non-hydrogen) atoms. The summed E-state index contributed by atoms with van der Waals surface area (Å²) in [6, 6.07) is 11.2. The van der Waals surface area contributed by atoms with E-state index in [1.54, 1.807) is 36.3 Å². The first-order valence-corrected chi connectivity index (χ1v) is 9.67. The van der Waals surface area contributed by atoms with Crippen LogP contribution < -0.4 is 9.64 Å². The number of benzene rings is 1. The molecule has 1 aromatic carbocycles. The van der Waals surface area contributed by atoms with Gasteiger partial charge in [0, 0.05) is 31.1 Å². The summed E-state index contributed by atoms with van der Waals surface area (Å²) in [4.78, 5) is 16.7. The molecule has 0 unspecified atom stereocenters. The normalized spacial score (nSPS) is 14.7. The number of hydrogen-bond acceptors (Lipinski definition) is 6. The molecule has 1 aliphatic heterocycles. The molecular weight excluding hydrogens is 368 g/mol. The Kier molecular flexibility index (Phi) is 4.64. The number of amides is 1. The first kappa shape index (κ1) is 19.2. The molecule has 0 radical (unpaired) electrons. The molecule has 1 saturated heterocycles. The van der Waals surface area contributed by atoms with Gasteiger partial charge >= 0.3 is 0 Å². The summed E-state index contributed by atoms with van der Waals surface area (Å²) in [7, 11) is 3.46. The zero-order chi connectivity index (χ0) is 20.8. The van der Waals surface area contributed by atoms with Crippen LogP contribution in [0.4, 0.5) is 5.82 Å². The average Bonchev–Trinajstić information content (AvgIpc) is 3.10. The smallest absolute Gasteiger partial charge is 0.253 e. The van der Waals surface area contributed by atoms with Crippen molar-refractivity contribution in [1.29, 1.82) is 0 Å². The first-order valence-electron chi connectivity index (χ1n) is 9.67. The third kappa shape index (κ3) is 3.50. The van der Waals surface area contributed by atoms with E-state index in [2.05, 4.69) is 35.9 Å². The number of ether oxygens (including phenoxy) is 1. The number of fused-ring (bicyclic) bond motifs is 1. The predicted molar refractivity (Wildman–Crippen MR) is 111 cm³/mol. The number of aromatic nitrogens is 4. The summed E-state index contributed by atoms with van der Waals surface area (Å²) in [5.41, 5.74) is 1.25. The Hall–Kier alpha value is -3.16. The van der Waals surface area contributed by atoms with E-state index in [-0.39, 0.29) is 17.4 Å². The summed E-state index contributed by atoms with van der Waals surface area (Å²) in [6.07, 6.45) is 0. The fourth-order valence-corrected chi connectivity index (χ4v) is 3.41. The molecular formula is C21H26N6O2. The lowest BCUT2D eigenvalue weighted by Crippen LogP contribution is -2.60. The van der Waals surface area contributed by atoms with Gasteiger partial charge in [0.15, 0.2) is 11.5 Å². The maximum absolute atomic E-state index is 12.7. The maximum Gasteiger partial charge on any atom is 0.253 e. The Morgan fingerprint density at radius 3 is 2.41 bits per heavy atom. The second kappa shape index (κ2) is 7.02. The molecule has 1 amide bonds. The topological polar surface area (TPSA) is 75.9 Å². The molecule has 0 aliphatic carbocycles. The van der Waals surface area contributed by atoms with E-state index in [0.717, 1.165) is 36.1 Å². The summed E-state index contributed by atoms with van der Waals surface area (Å²) in [5.74, 6) is 2.45. The van der Waals surface area contributed by atoms with Crippen molar-refractivity contribution in [2.24, 2.45) is 0 Å². The van der Waals surface area contributed by atoms with Gasteiger partial charge in [0.1, 0.15) is 11.6 Å². The molecule has 3 aromatic rings. The average molecular weight is 394 g/mol. The van der Waals surface area contributed by atoms with Gasteiger partial charge in [-0.15, -0.1) is 15.3 Å². The third-order valence-corrected chi connectivity index (χ3v) is 5.31. The Bertz CT molecular complexity index is 1030. The molecule has 1 aliphatic rings. The van der Waals surface area contributed by atoms with Gasteiger partial charge in [0.25, 0.3) is 5.91 Å². The minimum Gasteiger partial charge on any atom is -0.497 e. The van der Waals surface area contributed by atoms with Gasteiger partial charge < -0.3 is 14.5 Å². The fourth-order valence-electron chi connectivity index (χ4n) is 3.41. The fraction of sp³-hybridized carbons (Fsp3) is 0.429. The summed E-state index contributed by atoms with van der Waals surface area (Å²) in [5, 5.41) is 13.2. The van der Waals surface area contributed by atoms with Crippen LogP contribution in [0.15, 0.2) is 36.4 Å². The van der Waals surface area contributed by atoms with Crippen molar-refractivity contribution in [3.8, 4) is 5.75 Å². The van der Waals surface area contributed by atoms with Gasteiger partial charge in [-0.2, -0.15) is 4.52 Å². The molecule has 8 heteroatoms. The monoisotopic (exact) mass is 394 g/mol. The van der Waals surface area contributed by atoms with E-state index in [4.69, 9.17) is 9.84 Å². The molecule has 152 valence electrons. The molecule has 0 saturated carbocycles. The van der Waals surface area contributed by atoms with Crippen molar-refractivity contribution < 1.29 is 9.53 Å². The molecule has 0 atom stereocenters. The zero-order valence-corrected chi connectivity index (χ0v) is 17.5. The molecule has 3 heterocycles. The standard InChI is InChI=1S/C21H26N6O2/c1-21(2,3)20-23-22-17-10-11-18(24-27(17)20)26-12-15(13-26)25(4)19(28)14-6-8-16(29-5)9-7-14/h6-11,15H,12-13H2,1-5H3. The highest BCUT2D eigenvalue weighted by atomic mass is 16.5. The lowest BCUT2D eigenvalue weighted by atomic mass is 9.96.